The number of hydrogen-bond donors (Lipinski definition) is 4. The van der Waals surface area contributed by atoms with Crippen LogP contribution in [0.4, 0.5) is 15.9 Å². The van der Waals surface area contributed by atoms with E-state index >= 15 is 0 Å². The van der Waals surface area contributed by atoms with Crippen LogP contribution in [-0.2, 0) is 4.79 Å². The molecule has 1 atom stereocenters. The van der Waals surface area contributed by atoms with Crippen molar-refractivity contribution >= 4 is 34.0 Å². The number of anilines is 2. The number of aliphatic hydroxyl groups excluding tert-OH is 1. The van der Waals surface area contributed by atoms with Gasteiger partial charge in [-0.25, -0.2) is 14.4 Å². The van der Waals surface area contributed by atoms with E-state index in [2.05, 4.69) is 54.8 Å². The summed E-state index contributed by atoms with van der Waals surface area (Å²) in [5.74, 6) is 6.36. The third-order valence-corrected chi connectivity index (χ3v) is 5.97. The van der Waals surface area contributed by atoms with Gasteiger partial charge in [0, 0.05) is 42.6 Å². The van der Waals surface area contributed by atoms with Gasteiger partial charge in [-0.3, -0.25) is 10.2 Å². The smallest absolute Gasteiger partial charge is 0.248 e. The van der Waals surface area contributed by atoms with Crippen molar-refractivity contribution in [3.8, 4) is 11.8 Å². The number of carbonyl (C=O) groups excluding carboxylic acids is 1. The van der Waals surface area contributed by atoms with Crippen molar-refractivity contribution in [3.05, 3.63) is 60.2 Å². The van der Waals surface area contributed by atoms with Crippen molar-refractivity contribution in [3.63, 3.8) is 0 Å². The van der Waals surface area contributed by atoms with Crippen LogP contribution in [0.1, 0.15) is 25.3 Å². The molecule has 10 heteroatoms. The van der Waals surface area contributed by atoms with E-state index in [0.29, 0.717) is 31.0 Å². The quantitative estimate of drug-likeness (QED) is 0.315. The number of benzene rings is 2. The zero-order chi connectivity index (χ0) is 26.0. The number of nitrogens with zero attached hydrogens (tertiary/aromatic N) is 4. The third kappa shape index (κ3) is 7.22. The molecule has 0 aliphatic carbocycles. The lowest BCUT2D eigenvalue weighted by Crippen LogP contribution is -2.35. The molecule has 37 heavy (non-hydrogen) atoms. The first-order valence-corrected chi connectivity index (χ1v) is 12.2. The molecule has 0 fully saturated rings. The zero-order valence-electron chi connectivity index (χ0n) is 20.7. The molecule has 192 valence electrons. The Hall–Kier alpha value is -4.07. The normalized spacial score (nSPS) is 14.6. The van der Waals surface area contributed by atoms with Crippen LogP contribution in [0.3, 0.4) is 0 Å². The molecule has 0 bridgehead atoms. The van der Waals surface area contributed by atoms with Gasteiger partial charge in [0.1, 0.15) is 24.0 Å². The Balaban J connectivity index is 1.31. The lowest BCUT2D eigenvalue weighted by atomic mass is 10.1. The maximum absolute atomic E-state index is 13.4. The second-order valence-electron chi connectivity index (χ2n) is 8.58. The van der Waals surface area contributed by atoms with Gasteiger partial charge in [0.25, 0.3) is 0 Å². The van der Waals surface area contributed by atoms with E-state index in [1.807, 2.05) is 18.2 Å². The molecule has 4 rings (SSSR count). The van der Waals surface area contributed by atoms with Crippen LogP contribution >= 0.6 is 0 Å². The Morgan fingerprint density at radius 1 is 1.24 bits per heavy atom. The standard InChI is InChI=1S/C27H30FN7O2/c1-2-35(12-13-36)11-4-3-6-19-9-10-23-24(14-19)30-18-31-26(23)29-17-22-16-25(34-33-22)27(37)32-21-8-5-7-20(28)15-21/h5,7-10,14-15,18,25,34,36H,2,4,11-13,16-17H2,1H3,(H,32,37)(H,29,30,31). The van der Waals surface area contributed by atoms with Crippen molar-refractivity contribution < 1.29 is 14.3 Å². The molecule has 0 saturated heterocycles. The molecule has 0 radical (unpaired) electrons. The van der Waals surface area contributed by atoms with Gasteiger partial charge in [-0.15, -0.1) is 0 Å². The van der Waals surface area contributed by atoms with Crippen LogP contribution in [0.15, 0.2) is 53.9 Å². The van der Waals surface area contributed by atoms with Crippen molar-refractivity contribution in [1.82, 2.24) is 20.3 Å². The molecular formula is C27H30FN7O2. The maximum Gasteiger partial charge on any atom is 0.248 e. The van der Waals surface area contributed by atoms with Gasteiger partial charge < -0.3 is 20.6 Å². The van der Waals surface area contributed by atoms with Crippen LogP contribution in [0, 0.1) is 17.7 Å². The molecule has 0 saturated carbocycles. The largest absolute Gasteiger partial charge is 0.395 e. The SMILES string of the molecule is CCN(CCO)CCC#Cc1ccc2c(NCC3=NNC(C(=O)Nc4cccc(F)c4)C3)ncnc2c1. The number of hydrazone groups is 1. The molecule has 1 amide bonds. The molecule has 0 spiro atoms. The van der Waals surface area contributed by atoms with Crippen LogP contribution in [0.25, 0.3) is 10.9 Å². The summed E-state index contributed by atoms with van der Waals surface area (Å²) in [5, 5.41) is 20.2. The van der Waals surface area contributed by atoms with Gasteiger partial charge >= 0.3 is 0 Å². The Morgan fingerprint density at radius 2 is 2.14 bits per heavy atom. The summed E-state index contributed by atoms with van der Waals surface area (Å²) < 4.78 is 13.4. The van der Waals surface area contributed by atoms with Crippen molar-refractivity contribution in [2.24, 2.45) is 5.10 Å². The molecule has 3 aromatic rings. The molecule has 1 unspecified atom stereocenters. The van der Waals surface area contributed by atoms with E-state index < -0.39 is 11.9 Å². The molecule has 9 nitrogen and oxygen atoms in total. The van der Waals surface area contributed by atoms with Gasteiger partial charge in [0.05, 0.1) is 24.4 Å². The second kappa shape index (κ2) is 12.8. The van der Waals surface area contributed by atoms with Crippen LogP contribution < -0.4 is 16.1 Å². The van der Waals surface area contributed by atoms with Crippen LogP contribution in [0.5, 0.6) is 0 Å². The highest BCUT2D eigenvalue weighted by atomic mass is 19.1. The van der Waals surface area contributed by atoms with E-state index in [1.54, 1.807) is 12.1 Å². The fraction of sp³-hybridized carbons (Fsp3) is 0.333. The summed E-state index contributed by atoms with van der Waals surface area (Å²) in [7, 11) is 0. The lowest BCUT2D eigenvalue weighted by molar-refractivity contribution is -0.117. The Labute approximate surface area is 215 Å². The predicted octanol–water partition coefficient (Wildman–Crippen LogP) is 2.59. The number of likely N-dealkylation sites (N-methyl/N-ethyl adjacent to an activating group) is 1. The van der Waals surface area contributed by atoms with Gasteiger partial charge in [0.15, 0.2) is 0 Å². The molecule has 4 N–H and O–H groups in total. The highest BCUT2D eigenvalue weighted by Gasteiger charge is 2.25. The van der Waals surface area contributed by atoms with E-state index in [9.17, 15) is 9.18 Å². The summed E-state index contributed by atoms with van der Waals surface area (Å²) in [5.41, 5.74) is 5.67. The first kappa shape index (κ1) is 26.0. The fourth-order valence-corrected chi connectivity index (χ4v) is 3.96. The van der Waals surface area contributed by atoms with Crippen molar-refractivity contribution in [2.75, 3.05) is 43.4 Å². The average molecular weight is 504 g/mol. The number of fused-ring (bicyclic) bond motifs is 1. The minimum Gasteiger partial charge on any atom is -0.395 e. The monoisotopic (exact) mass is 503 g/mol. The third-order valence-electron chi connectivity index (χ3n) is 5.97. The molecule has 1 aromatic heterocycles. The minimum absolute atomic E-state index is 0.151. The first-order chi connectivity index (χ1) is 18.1. The first-order valence-electron chi connectivity index (χ1n) is 12.2. The number of amides is 1. The number of carbonyl (C=O) groups is 1. The van der Waals surface area contributed by atoms with E-state index in [1.165, 1.54) is 18.5 Å². The summed E-state index contributed by atoms with van der Waals surface area (Å²) in [6.07, 6.45) is 2.64. The summed E-state index contributed by atoms with van der Waals surface area (Å²) in [4.78, 5) is 23.4. The lowest BCUT2D eigenvalue weighted by Gasteiger charge is -2.16. The van der Waals surface area contributed by atoms with Gasteiger partial charge in [0.2, 0.25) is 5.91 Å². The molecule has 1 aliphatic rings. The average Bonchev–Trinajstić information content (AvgIpc) is 3.38. The second-order valence-corrected chi connectivity index (χ2v) is 8.58. The van der Waals surface area contributed by atoms with E-state index in [-0.39, 0.29) is 12.5 Å². The predicted molar refractivity (Wildman–Crippen MR) is 143 cm³/mol. The van der Waals surface area contributed by atoms with Crippen molar-refractivity contribution in [1.29, 1.82) is 0 Å². The number of aliphatic hydroxyl groups is 1. The highest BCUT2D eigenvalue weighted by Crippen LogP contribution is 2.20. The highest BCUT2D eigenvalue weighted by molar-refractivity contribution is 6.01. The molecule has 2 heterocycles. The van der Waals surface area contributed by atoms with Gasteiger partial charge in [-0.05, 0) is 42.9 Å². The summed E-state index contributed by atoms with van der Waals surface area (Å²) >= 11 is 0. The van der Waals surface area contributed by atoms with Crippen LogP contribution in [-0.4, -0.2) is 70.4 Å². The van der Waals surface area contributed by atoms with Crippen molar-refractivity contribution in [2.45, 2.75) is 25.8 Å². The molecule has 1 aliphatic heterocycles. The maximum atomic E-state index is 13.4. The Kier molecular flexibility index (Phi) is 8.97. The Morgan fingerprint density at radius 3 is 2.95 bits per heavy atom. The number of rotatable bonds is 10. The number of hydrogen-bond acceptors (Lipinski definition) is 8. The number of nitrogens with one attached hydrogen (secondary N) is 3. The van der Waals surface area contributed by atoms with Crippen LogP contribution in [0.2, 0.25) is 0 Å². The summed E-state index contributed by atoms with van der Waals surface area (Å²) in [6.45, 7) is 4.99. The van der Waals surface area contributed by atoms with Gasteiger partial charge in [-0.2, -0.15) is 5.10 Å². The Bertz CT molecular complexity index is 1340. The minimum atomic E-state index is -0.531. The number of halogens is 1. The van der Waals surface area contributed by atoms with Gasteiger partial charge in [-0.1, -0.05) is 24.8 Å². The molecular weight excluding hydrogens is 473 g/mol. The van der Waals surface area contributed by atoms with E-state index in [4.69, 9.17) is 5.11 Å². The topological polar surface area (TPSA) is 115 Å². The number of aromatic nitrogens is 2. The fourth-order valence-electron chi connectivity index (χ4n) is 3.96. The van der Waals surface area contributed by atoms with E-state index in [0.717, 1.165) is 41.7 Å². The molecule has 2 aromatic carbocycles. The summed E-state index contributed by atoms with van der Waals surface area (Å²) in [6, 6.07) is 11.1. The zero-order valence-corrected chi connectivity index (χ0v) is 20.7.